The van der Waals surface area contributed by atoms with Crippen molar-refractivity contribution in [2.75, 3.05) is 6.61 Å². The van der Waals surface area contributed by atoms with E-state index in [-0.39, 0.29) is 6.61 Å². The van der Waals surface area contributed by atoms with Gasteiger partial charge < -0.3 is 9.90 Å². The lowest BCUT2D eigenvalue weighted by molar-refractivity contribution is 0.341. The molecule has 0 aliphatic carbocycles. The first-order valence-corrected chi connectivity index (χ1v) is 16.0. The molecular weight excluding hydrogens is 515 g/mol. The average molecular weight is 570 g/mol. The van der Waals surface area contributed by atoms with Crippen molar-refractivity contribution in [3.63, 3.8) is 0 Å². The molecule has 0 saturated carbocycles. The largest absolute Gasteiger partial charge is 0.392 e. The lowest BCUT2D eigenvalue weighted by atomic mass is 9.86. The number of aliphatic hydroxyl groups excluding tert-OH is 1. The molecule has 0 fully saturated rings. The van der Waals surface area contributed by atoms with Crippen LogP contribution in [0.4, 0.5) is 0 Å². The molecule has 4 nitrogen and oxygen atoms in total. The van der Waals surface area contributed by atoms with Crippen molar-refractivity contribution in [1.82, 2.24) is 0 Å². The highest BCUT2D eigenvalue weighted by molar-refractivity contribution is 7.92. The van der Waals surface area contributed by atoms with Crippen molar-refractivity contribution >= 4 is 23.3 Å². The smallest absolute Gasteiger partial charge is 0.194 e. The van der Waals surface area contributed by atoms with E-state index in [1.807, 2.05) is 59.8 Å². The van der Waals surface area contributed by atoms with Gasteiger partial charge in [-0.25, -0.2) is 8.42 Å². The molecule has 0 spiro atoms. The second-order valence-corrected chi connectivity index (χ2v) is 11.8. The maximum Gasteiger partial charge on any atom is 0.194 e. The van der Waals surface area contributed by atoms with Crippen LogP contribution in [0.1, 0.15) is 93.4 Å². The van der Waals surface area contributed by atoms with Crippen LogP contribution in [-0.4, -0.2) is 38.8 Å². The van der Waals surface area contributed by atoms with Gasteiger partial charge in [0.2, 0.25) is 0 Å². The van der Waals surface area contributed by atoms with Crippen molar-refractivity contribution in [3.8, 4) is 0 Å². The minimum Gasteiger partial charge on any atom is -0.392 e. The molecule has 1 aromatic carbocycles. The number of carbonyl (C=O) groups is 1. The van der Waals surface area contributed by atoms with Gasteiger partial charge in [-0.3, -0.25) is 0 Å². The number of rotatable bonds is 16. The summed E-state index contributed by atoms with van der Waals surface area (Å²) >= 11 is 0. The number of aliphatic hydroxyl groups is 1. The summed E-state index contributed by atoms with van der Waals surface area (Å²) in [5.41, 5.74) is 4.70. The summed E-state index contributed by atoms with van der Waals surface area (Å²) in [7, 11) is -2.04. The molecule has 1 unspecified atom stereocenters. The van der Waals surface area contributed by atoms with E-state index in [2.05, 4.69) is 31.2 Å². The Bertz CT molecular complexity index is 1050. The molecule has 1 N–H and O–H groups in total. The number of benzene rings is 1. The van der Waals surface area contributed by atoms with Crippen LogP contribution in [0.2, 0.25) is 6.82 Å². The SMILES string of the molecule is C/C=C\CC/C(C)=C/CC/C(C)=C/C(C/C(C)=C/CC/C(C)=C/CO)S(=O)(=O)c1ccccc1.CC.C[B]C=O. The van der Waals surface area contributed by atoms with Crippen molar-refractivity contribution in [2.24, 2.45) is 0 Å². The second kappa shape index (κ2) is 25.5. The highest BCUT2D eigenvalue weighted by Gasteiger charge is 2.25. The van der Waals surface area contributed by atoms with Gasteiger partial charge in [0.1, 0.15) is 0 Å². The molecule has 0 bridgehead atoms. The van der Waals surface area contributed by atoms with Gasteiger partial charge in [-0.1, -0.05) is 97.6 Å². The summed E-state index contributed by atoms with van der Waals surface area (Å²) in [6.45, 7) is 16.0. The summed E-state index contributed by atoms with van der Waals surface area (Å²) in [6, 6.07) is 8.77. The van der Waals surface area contributed by atoms with E-state index < -0.39 is 15.1 Å². The predicted molar refractivity (Wildman–Crippen MR) is 176 cm³/mol. The molecule has 0 amide bonds. The molecule has 223 valence electrons. The second-order valence-electron chi connectivity index (χ2n) is 9.60. The van der Waals surface area contributed by atoms with Gasteiger partial charge >= 0.3 is 0 Å². The van der Waals surface area contributed by atoms with Gasteiger partial charge in [0.25, 0.3) is 0 Å². The molecule has 0 aromatic heterocycles. The number of hydrogen-bond acceptors (Lipinski definition) is 4. The fourth-order valence-corrected chi connectivity index (χ4v) is 5.55. The number of hydrogen-bond donors (Lipinski definition) is 1. The predicted octanol–water partition coefficient (Wildman–Crippen LogP) is 8.87. The van der Waals surface area contributed by atoms with Crippen LogP contribution in [0.25, 0.3) is 0 Å². The van der Waals surface area contributed by atoms with Crippen LogP contribution in [0.5, 0.6) is 0 Å². The minimum atomic E-state index is -3.48. The van der Waals surface area contributed by atoms with Crippen LogP contribution < -0.4 is 0 Å². The van der Waals surface area contributed by atoms with Gasteiger partial charge in [0.05, 0.1) is 22.9 Å². The van der Waals surface area contributed by atoms with Crippen LogP contribution in [0.15, 0.2) is 94.0 Å². The molecule has 0 aliphatic heterocycles. The molecule has 1 atom stereocenters. The Kier molecular flexibility index (Phi) is 25.3. The minimum absolute atomic E-state index is 0.0560. The van der Waals surface area contributed by atoms with E-state index in [9.17, 15) is 8.42 Å². The van der Waals surface area contributed by atoms with Gasteiger partial charge in [-0.05, 0) is 91.7 Å². The van der Waals surface area contributed by atoms with E-state index in [4.69, 9.17) is 9.90 Å². The van der Waals surface area contributed by atoms with Crippen LogP contribution >= 0.6 is 0 Å². The Hall–Kier alpha value is -2.44. The summed E-state index contributed by atoms with van der Waals surface area (Å²) in [4.78, 5) is 9.49. The third-order valence-corrected chi connectivity index (χ3v) is 8.07. The summed E-state index contributed by atoms with van der Waals surface area (Å²) < 4.78 is 26.9. The lowest BCUT2D eigenvalue weighted by Gasteiger charge is -2.16. The zero-order valence-corrected chi connectivity index (χ0v) is 27.1. The third kappa shape index (κ3) is 19.6. The number of carbonyl (C=O) groups excluding carboxylic acids is 1. The topological polar surface area (TPSA) is 71.4 Å². The van der Waals surface area contributed by atoms with Gasteiger partial charge in [0, 0.05) is 0 Å². The van der Waals surface area contributed by atoms with Gasteiger partial charge in [-0.2, -0.15) is 0 Å². The molecule has 1 rings (SSSR count). The monoisotopic (exact) mass is 569 g/mol. The van der Waals surface area contributed by atoms with E-state index in [0.29, 0.717) is 11.3 Å². The normalized spacial score (nSPS) is 13.6. The Balaban J connectivity index is 0. The molecular formula is C34H54BO4S. The standard InChI is InChI=1S/C30H44O3S.C2H4BO.C2H6/c1-6-7-9-14-25(2)15-12-17-27(4)23-30(34(32,33)29-19-10-8-11-20-29)24-28(5)18-13-16-26(3)21-22-31;1-3-2-4;1-2/h6-8,10-11,15,18-21,23,30-31H,9,12-14,16-17,22,24H2,1-5H3;2H,1H3;1-2H3/b7-6-,25-15+,26-21+,27-23+,28-18+;;. The van der Waals surface area contributed by atoms with E-state index in [1.54, 1.807) is 31.1 Å². The maximum absolute atomic E-state index is 13.5. The van der Waals surface area contributed by atoms with Crippen LogP contribution in [0, 0.1) is 0 Å². The fraction of sp³-hybridized carbons (Fsp3) is 0.500. The Morgan fingerprint density at radius 2 is 1.35 bits per heavy atom. The molecule has 0 aliphatic rings. The molecule has 6 heteroatoms. The molecule has 0 saturated heterocycles. The van der Waals surface area contributed by atoms with Gasteiger partial charge in [0.15, 0.2) is 17.1 Å². The number of sulfone groups is 1. The first kappa shape index (κ1) is 39.7. The summed E-state index contributed by atoms with van der Waals surface area (Å²) in [6.07, 6.45) is 19.3. The fourth-order valence-electron chi connectivity index (χ4n) is 3.77. The van der Waals surface area contributed by atoms with Crippen molar-refractivity contribution < 1.29 is 18.3 Å². The average Bonchev–Trinajstić information content (AvgIpc) is 2.94. The van der Waals surface area contributed by atoms with E-state index in [1.165, 1.54) is 12.9 Å². The number of allylic oxidation sites excluding steroid dienone is 8. The van der Waals surface area contributed by atoms with Crippen LogP contribution in [-0.2, 0) is 14.6 Å². The van der Waals surface area contributed by atoms with E-state index >= 15 is 0 Å². The quantitative estimate of drug-likeness (QED) is 0.123. The highest BCUT2D eigenvalue weighted by Crippen LogP contribution is 2.25. The maximum atomic E-state index is 13.5. The zero-order chi connectivity index (χ0) is 30.8. The third-order valence-electron chi connectivity index (χ3n) is 6.04. The highest BCUT2D eigenvalue weighted by atomic mass is 32.2. The van der Waals surface area contributed by atoms with Crippen molar-refractivity contribution in [1.29, 1.82) is 0 Å². The Morgan fingerprint density at radius 1 is 0.850 bits per heavy atom. The molecule has 40 heavy (non-hydrogen) atoms. The molecule has 1 radical (unpaired) electrons. The summed E-state index contributed by atoms with van der Waals surface area (Å²) in [5, 5.41) is 8.43. The summed E-state index contributed by atoms with van der Waals surface area (Å²) in [5.74, 6) is 0. The molecule has 1 aromatic rings. The van der Waals surface area contributed by atoms with E-state index in [0.717, 1.165) is 61.4 Å². The van der Waals surface area contributed by atoms with Gasteiger partial charge in [-0.15, -0.1) is 0 Å². The Labute approximate surface area is 247 Å². The molecule has 0 heterocycles. The Morgan fingerprint density at radius 3 is 1.88 bits per heavy atom. The lowest BCUT2D eigenvalue weighted by Crippen LogP contribution is -2.20. The van der Waals surface area contributed by atoms with Crippen LogP contribution in [0.3, 0.4) is 0 Å². The first-order chi connectivity index (χ1) is 19.1. The van der Waals surface area contributed by atoms with Crippen molar-refractivity contribution in [2.45, 2.75) is 110 Å². The zero-order valence-electron chi connectivity index (χ0n) is 26.3. The first-order valence-electron chi connectivity index (χ1n) is 14.5. The van der Waals surface area contributed by atoms with Crippen molar-refractivity contribution in [3.05, 3.63) is 89.1 Å².